The van der Waals surface area contributed by atoms with E-state index in [1.165, 1.54) is 6.20 Å². The monoisotopic (exact) mass is 279 g/mol. The number of aromatic nitrogens is 1. The molecule has 1 aliphatic rings. The van der Waals surface area contributed by atoms with Crippen LogP contribution in [0.2, 0.25) is 0 Å². The fourth-order valence-electron chi connectivity index (χ4n) is 2.23. The van der Waals surface area contributed by atoms with Crippen molar-refractivity contribution in [2.24, 2.45) is 5.73 Å². The molecule has 0 bridgehead atoms. The van der Waals surface area contributed by atoms with Gasteiger partial charge in [0.25, 0.3) is 5.91 Å². The van der Waals surface area contributed by atoms with Crippen molar-refractivity contribution >= 4 is 17.4 Å². The highest BCUT2D eigenvalue weighted by molar-refractivity contribution is 5.98. The number of nitrogens with two attached hydrogens (primary N) is 2. The Kier molecular flexibility index (Phi) is 4.75. The van der Waals surface area contributed by atoms with E-state index in [0.29, 0.717) is 17.1 Å². The largest absolute Gasteiger partial charge is 0.397 e. The maximum absolute atomic E-state index is 11.2. The molecule has 0 aliphatic carbocycles. The number of primary amides is 1. The van der Waals surface area contributed by atoms with Crippen molar-refractivity contribution in [3.63, 3.8) is 0 Å². The van der Waals surface area contributed by atoms with Crippen LogP contribution in [0, 0.1) is 0 Å². The van der Waals surface area contributed by atoms with Crippen molar-refractivity contribution in [3.05, 3.63) is 17.8 Å². The fraction of sp³-hybridized carbons (Fsp3) is 0.538. The molecule has 110 valence electrons. The molecule has 1 unspecified atom stereocenters. The number of nitrogen functional groups attached to an aromatic ring is 1. The predicted octanol–water partition coefficient (Wildman–Crippen LogP) is -0.105. The van der Waals surface area contributed by atoms with Crippen LogP contribution in [0.5, 0.6) is 0 Å². The quantitative estimate of drug-likeness (QED) is 0.694. The first-order valence-electron chi connectivity index (χ1n) is 6.68. The fourth-order valence-corrected chi connectivity index (χ4v) is 2.23. The van der Waals surface area contributed by atoms with Gasteiger partial charge in [-0.1, -0.05) is 0 Å². The summed E-state index contributed by atoms with van der Waals surface area (Å²) in [5, 5.41) is 3.25. The number of carbonyl (C=O) groups excluding carboxylic acids is 1. The van der Waals surface area contributed by atoms with Gasteiger partial charge in [0, 0.05) is 25.7 Å². The number of morpholine rings is 1. The molecule has 0 radical (unpaired) electrons. The highest BCUT2D eigenvalue weighted by Gasteiger charge is 2.14. The van der Waals surface area contributed by atoms with Crippen LogP contribution in [0.4, 0.5) is 11.5 Å². The minimum atomic E-state index is -0.547. The van der Waals surface area contributed by atoms with Crippen molar-refractivity contribution < 1.29 is 9.53 Å². The number of rotatable bonds is 5. The molecule has 1 fully saturated rings. The predicted molar refractivity (Wildman–Crippen MR) is 77.5 cm³/mol. The van der Waals surface area contributed by atoms with Crippen LogP contribution in [0.25, 0.3) is 0 Å². The van der Waals surface area contributed by atoms with Gasteiger partial charge in [-0.3, -0.25) is 9.69 Å². The van der Waals surface area contributed by atoms with Crippen LogP contribution in [0.15, 0.2) is 12.3 Å². The number of ether oxygens (including phenoxy) is 1. The number of nitrogens with zero attached hydrogens (tertiary/aromatic N) is 2. The van der Waals surface area contributed by atoms with Crippen molar-refractivity contribution in [1.82, 2.24) is 9.88 Å². The van der Waals surface area contributed by atoms with Gasteiger partial charge in [-0.2, -0.15) is 0 Å². The summed E-state index contributed by atoms with van der Waals surface area (Å²) in [7, 11) is 0. The topological polar surface area (TPSA) is 106 Å². The third-order valence-electron chi connectivity index (χ3n) is 3.23. The first kappa shape index (κ1) is 14.5. The summed E-state index contributed by atoms with van der Waals surface area (Å²) in [4.78, 5) is 17.7. The van der Waals surface area contributed by atoms with E-state index in [4.69, 9.17) is 16.2 Å². The van der Waals surface area contributed by atoms with Crippen LogP contribution < -0.4 is 16.8 Å². The molecule has 0 aromatic carbocycles. The van der Waals surface area contributed by atoms with E-state index in [1.54, 1.807) is 6.07 Å². The molecule has 5 N–H and O–H groups in total. The Balaban J connectivity index is 1.95. The molecule has 1 atom stereocenters. The molecule has 20 heavy (non-hydrogen) atoms. The minimum absolute atomic E-state index is 0.199. The van der Waals surface area contributed by atoms with Gasteiger partial charge in [0.1, 0.15) is 5.82 Å². The SMILES string of the molecule is CC(CN1CCOCC1)Nc1cc(C(N)=O)c(N)cn1. The Morgan fingerprint density at radius 1 is 1.55 bits per heavy atom. The van der Waals surface area contributed by atoms with E-state index in [-0.39, 0.29) is 6.04 Å². The average Bonchev–Trinajstić information content (AvgIpc) is 2.41. The van der Waals surface area contributed by atoms with E-state index in [2.05, 4.69) is 22.1 Å². The number of amides is 1. The van der Waals surface area contributed by atoms with E-state index >= 15 is 0 Å². The Labute approximate surface area is 118 Å². The van der Waals surface area contributed by atoms with Crippen molar-refractivity contribution in [3.8, 4) is 0 Å². The van der Waals surface area contributed by atoms with E-state index in [0.717, 1.165) is 32.8 Å². The summed E-state index contributed by atoms with van der Waals surface area (Å²) < 4.78 is 5.32. The number of anilines is 2. The molecule has 1 amide bonds. The average molecular weight is 279 g/mol. The third-order valence-corrected chi connectivity index (χ3v) is 3.23. The second-order valence-electron chi connectivity index (χ2n) is 4.98. The van der Waals surface area contributed by atoms with Crippen LogP contribution >= 0.6 is 0 Å². The maximum Gasteiger partial charge on any atom is 0.250 e. The molecule has 0 saturated carbocycles. The molecule has 1 aliphatic heterocycles. The zero-order chi connectivity index (χ0) is 14.5. The summed E-state index contributed by atoms with van der Waals surface area (Å²) in [5.41, 5.74) is 11.5. The summed E-state index contributed by atoms with van der Waals surface area (Å²) in [6.07, 6.45) is 1.45. The van der Waals surface area contributed by atoms with Gasteiger partial charge in [0.2, 0.25) is 0 Å². The number of hydrogen-bond donors (Lipinski definition) is 3. The molecular formula is C13H21N5O2. The molecule has 2 rings (SSSR count). The first-order chi connectivity index (χ1) is 9.56. The van der Waals surface area contributed by atoms with Gasteiger partial charge in [-0.15, -0.1) is 0 Å². The molecule has 2 heterocycles. The summed E-state index contributed by atoms with van der Waals surface area (Å²) in [6.45, 7) is 6.39. The number of hydrogen-bond acceptors (Lipinski definition) is 6. The van der Waals surface area contributed by atoms with Gasteiger partial charge < -0.3 is 21.5 Å². The molecule has 1 aromatic heterocycles. The maximum atomic E-state index is 11.2. The zero-order valence-corrected chi connectivity index (χ0v) is 11.6. The van der Waals surface area contributed by atoms with Gasteiger partial charge in [0.15, 0.2) is 0 Å². The summed E-state index contributed by atoms with van der Waals surface area (Å²) in [6, 6.07) is 1.79. The van der Waals surface area contributed by atoms with Crippen molar-refractivity contribution in [1.29, 1.82) is 0 Å². The lowest BCUT2D eigenvalue weighted by molar-refractivity contribution is 0.0368. The summed E-state index contributed by atoms with van der Waals surface area (Å²) in [5.74, 6) is 0.0579. The molecule has 1 saturated heterocycles. The highest BCUT2D eigenvalue weighted by atomic mass is 16.5. The zero-order valence-electron chi connectivity index (χ0n) is 11.6. The molecule has 7 nitrogen and oxygen atoms in total. The van der Waals surface area contributed by atoms with Crippen molar-refractivity contribution in [2.45, 2.75) is 13.0 Å². The number of nitrogens with one attached hydrogen (secondary N) is 1. The van der Waals surface area contributed by atoms with E-state index < -0.39 is 5.91 Å². The Hall–Kier alpha value is -1.86. The number of carbonyl (C=O) groups is 1. The normalized spacial score (nSPS) is 17.6. The standard InChI is InChI=1S/C13H21N5O2/c1-9(8-18-2-4-20-5-3-18)17-12-6-10(13(15)19)11(14)7-16-12/h6-7,9H,2-5,8,14H2,1H3,(H2,15,19)(H,16,17). The Morgan fingerprint density at radius 2 is 2.25 bits per heavy atom. The summed E-state index contributed by atoms with van der Waals surface area (Å²) >= 11 is 0. The molecular weight excluding hydrogens is 258 g/mol. The second-order valence-corrected chi connectivity index (χ2v) is 4.98. The number of pyridine rings is 1. The van der Waals surface area contributed by atoms with Crippen LogP contribution in [-0.2, 0) is 4.74 Å². The Bertz CT molecular complexity index is 474. The lowest BCUT2D eigenvalue weighted by atomic mass is 10.2. The highest BCUT2D eigenvalue weighted by Crippen LogP contribution is 2.15. The molecule has 1 aromatic rings. The van der Waals surface area contributed by atoms with E-state index in [9.17, 15) is 4.79 Å². The molecule has 0 spiro atoms. The first-order valence-corrected chi connectivity index (χ1v) is 6.68. The second kappa shape index (κ2) is 6.53. The third kappa shape index (κ3) is 3.82. The lowest BCUT2D eigenvalue weighted by Gasteiger charge is -2.29. The van der Waals surface area contributed by atoms with Gasteiger partial charge >= 0.3 is 0 Å². The van der Waals surface area contributed by atoms with Crippen LogP contribution in [-0.4, -0.2) is 54.7 Å². The van der Waals surface area contributed by atoms with Crippen LogP contribution in [0.1, 0.15) is 17.3 Å². The van der Waals surface area contributed by atoms with Crippen LogP contribution in [0.3, 0.4) is 0 Å². The van der Waals surface area contributed by atoms with E-state index in [1.807, 2.05) is 0 Å². The lowest BCUT2D eigenvalue weighted by Crippen LogP contribution is -2.42. The molecule has 7 heteroatoms. The minimum Gasteiger partial charge on any atom is -0.397 e. The van der Waals surface area contributed by atoms with Crippen molar-refractivity contribution in [2.75, 3.05) is 43.9 Å². The smallest absolute Gasteiger partial charge is 0.250 e. The van der Waals surface area contributed by atoms with Gasteiger partial charge in [-0.25, -0.2) is 4.98 Å². The van der Waals surface area contributed by atoms with Gasteiger partial charge in [-0.05, 0) is 13.0 Å². The van der Waals surface area contributed by atoms with Gasteiger partial charge in [0.05, 0.1) is 30.7 Å². The Morgan fingerprint density at radius 3 is 2.90 bits per heavy atom.